The number of nitro benzene ring substituents is 1. The molecule has 1 unspecified atom stereocenters. The number of nitro groups is 1. The van der Waals surface area contributed by atoms with Gasteiger partial charge in [-0.2, -0.15) is 0 Å². The normalized spacial score (nSPS) is 18.6. The predicted molar refractivity (Wildman–Crippen MR) is 78.9 cm³/mol. The van der Waals surface area contributed by atoms with Gasteiger partial charge in [0.25, 0.3) is 11.6 Å². The summed E-state index contributed by atoms with van der Waals surface area (Å²) in [6.45, 7) is 1.96. The van der Waals surface area contributed by atoms with Crippen molar-refractivity contribution in [3.8, 4) is 0 Å². The van der Waals surface area contributed by atoms with Gasteiger partial charge in [-0.15, -0.1) is 0 Å². The Morgan fingerprint density at radius 1 is 1.58 bits per heavy atom. The SMILES string of the molecule is NCC1CCN(C(=O)c2ccc([N+](=O)[O-])cc2I)C1. The average molecular weight is 375 g/mol. The molecular weight excluding hydrogens is 361 g/mol. The topological polar surface area (TPSA) is 89.5 Å². The third-order valence-corrected chi connectivity index (χ3v) is 4.19. The highest BCUT2D eigenvalue weighted by Gasteiger charge is 2.27. The van der Waals surface area contributed by atoms with Gasteiger partial charge in [-0.05, 0) is 47.5 Å². The molecule has 0 aromatic heterocycles. The molecule has 1 saturated heterocycles. The molecule has 0 bridgehead atoms. The maximum absolute atomic E-state index is 12.3. The molecule has 102 valence electrons. The lowest BCUT2D eigenvalue weighted by atomic mass is 10.1. The summed E-state index contributed by atoms with van der Waals surface area (Å²) in [5.74, 6) is 0.287. The largest absolute Gasteiger partial charge is 0.338 e. The Morgan fingerprint density at radius 2 is 2.32 bits per heavy atom. The molecule has 2 N–H and O–H groups in total. The maximum Gasteiger partial charge on any atom is 0.270 e. The van der Waals surface area contributed by atoms with Crippen LogP contribution in [0.25, 0.3) is 0 Å². The first-order valence-corrected chi connectivity index (χ1v) is 7.04. The Bertz CT molecular complexity index is 521. The second-order valence-electron chi connectivity index (χ2n) is 4.56. The molecule has 7 heteroatoms. The standard InChI is InChI=1S/C12H14IN3O3/c13-11-5-9(16(18)19)1-2-10(11)12(17)15-4-3-8(6-14)7-15/h1-2,5,8H,3-4,6-7,14H2. The molecular formula is C12H14IN3O3. The van der Waals surface area contributed by atoms with Crippen molar-refractivity contribution in [2.75, 3.05) is 19.6 Å². The Balaban J connectivity index is 2.18. The van der Waals surface area contributed by atoms with Crippen molar-refractivity contribution in [3.63, 3.8) is 0 Å². The summed E-state index contributed by atoms with van der Waals surface area (Å²) in [4.78, 5) is 24.3. The van der Waals surface area contributed by atoms with Crippen LogP contribution in [0, 0.1) is 19.6 Å². The number of non-ortho nitro benzene ring substituents is 1. The van der Waals surface area contributed by atoms with E-state index in [2.05, 4.69) is 0 Å². The van der Waals surface area contributed by atoms with Crippen LogP contribution in [0.15, 0.2) is 18.2 Å². The van der Waals surface area contributed by atoms with Gasteiger partial charge in [-0.3, -0.25) is 14.9 Å². The summed E-state index contributed by atoms with van der Waals surface area (Å²) in [6, 6.07) is 4.31. The Labute approximate surface area is 124 Å². The number of hydrogen-bond acceptors (Lipinski definition) is 4. The zero-order chi connectivity index (χ0) is 14.0. The molecule has 2 rings (SSSR count). The van der Waals surface area contributed by atoms with Crippen LogP contribution >= 0.6 is 22.6 Å². The van der Waals surface area contributed by atoms with E-state index >= 15 is 0 Å². The van der Waals surface area contributed by atoms with Gasteiger partial charge in [0.05, 0.1) is 10.5 Å². The van der Waals surface area contributed by atoms with E-state index in [4.69, 9.17) is 5.73 Å². The molecule has 6 nitrogen and oxygen atoms in total. The van der Waals surface area contributed by atoms with E-state index in [0.29, 0.717) is 34.7 Å². The molecule has 0 radical (unpaired) electrons. The van der Waals surface area contributed by atoms with Crippen LogP contribution in [0.4, 0.5) is 5.69 Å². The molecule has 1 aromatic carbocycles. The van der Waals surface area contributed by atoms with Crippen LogP contribution in [0.1, 0.15) is 16.8 Å². The van der Waals surface area contributed by atoms with E-state index in [9.17, 15) is 14.9 Å². The van der Waals surface area contributed by atoms with E-state index in [1.165, 1.54) is 18.2 Å². The monoisotopic (exact) mass is 375 g/mol. The van der Waals surface area contributed by atoms with Gasteiger partial charge in [0, 0.05) is 28.8 Å². The van der Waals surface area contributed by atoms with Crippen LogP contribution < -0.4 is 5.73 Å². The minimum atomic E-state index is -0.462. The summed E-state index contributed by atoms with van der Waals surface area (Å²) in [6.07, 6.45) is 0.922. The summed E-state index contributed by atoms with van der Waals surface area (Å²) >= 11 is 1.96. The molecule has 1 heterocycles. The number of likely N-dealkylation sites (tertiary alicyclic amines) is 1. The highest BCUT2D eigenvalue weighted by molar-refractivity contribution is 14.1. The first-order valence-electron chi connectivity index (χ1n) is 5.96. The van der Waals surface area contributed by atoms with Gasteiger partial charge in [0.15, 0.2) is 0 Å². The van der Waals surface area contributed by atoms with Crippen molar-refractivity contribution in [2.24, 2.45) is 11.7 Å². The Kier molecular flexibility index (Phi) is 4.35. The lowest BCUT2D eigenvalue weighted by molar-refractivity contribution is -0.384. The second-order valence-corrected chi connectivity index (χ2v) is 5.73. The van der Waals surface area contributed by atoms with Crippen LogP contribution in [0.5, 0.6) is 0 Å². The third kappa shape index (κ3) is 3.03. The fourth-order valence-electron chi connectivity index (χ4n) is 2.17. The predicted octanol–water partition coefficient (Wildman–Crippen LogP) is 1.62. The highest BCUT2D eigenvalue weighted by atomic mass is 127. The number of benzene rings is 1. The fourth-order valence-corrected chi connectivity index (χ4v) is 2.90. The van der Waals surface area contributed by atoms with Gasteiger partial charge in [-0.1, -0.05) is 0 Å². The van der Waals surface area contributed by atoms with E-state index in [-0.39, 0.29) is 11.6 Å². The number of rotatable bonds is 3. The molecule has 0 saturated carbocycles. The summed E-state index contributed by atoms with van der Waals surface area (Å²) < 4.78 is 0.605. The first-order chi connectivity index (χ1) is 9.02. The maximum atomic E-state index is 12.3. The van der Waals surface area contributed by atoms with Gasteiger partial charge in [0.1, 0.15) is 0 Å². The van der Waals surface area contributed by atoms with Crippen molar-refractivity contribution in [1.29, 1.82) is 0 Å². The Morgan fingerprint density at radius 3 is 2.84 bits per heavy atom. The smallest absolute Gasteiger partial charge is 0.270 e. The van der Waals surface area contributed by atoms with Crippen molar-refractivity contribution < 1.29 is 9.72 Å². The molecule has 0 aliphatic carbocycles. The molecule has 1 aliphatic heterocycles. The molecule has 19 heavy (non-hydrogen) atoms. The quantitative estimate of drug-likeness (QED) is 0.494. The number of carbonyl (C=O) groups is 1. The molecule has 1 amide bonds. The zero-order valence-corrected chi connectivity index (χ0v) is 12.4. The van der Waals surface area contributed by atoms with Crippen LogP contribution in [-0.4, -0.2) is 35.4 Å². The number of nitrogens with zero attached hydrogens (tertiary/aromatic N) is 2. The first kappa shape index (κ1) is 14.2. The number of amides is 1. The molecule has 1 aliphatic rings. The van der Waals surface area contributed by atoms with Crippen molar-refractivity contribution in [2.45, 2.75) is 6.42 Å². The van der Waals surface area contributed by atoms with Crippen molar-refractivity contribution >= 4 is 34.2 Å². The van der Waals surface area contributed by atoms with Crippen LogP contribution in [0.3, 0.4) is 0 Å². The lowest BCUT2D eigenvalue weighted by Crippen LogP contribution is -2.30. The van der Waals surface area contributed by atoms with Crippen LogP contribution in [-0.2, 0) is 0 Å². The number of nitrogens with two attached hydrogens (primary N) is 1. The number of hydrogen-bond donors (Lipinski definition) is 1. The zero-order valence-electron chi connectivity index (χ0n) is 10.2. The van der Waals surface area contributed by atoms with Gasteiger partial charge < -0.3 is 10.6 Å². The second kappa shape index (κ2) is 5.83. The summed E-state index contributed by atoms with van der Waals surface area (Å²) in [7, 11) is 0. The molecule has 1 atom stereocenters. The van der Waals surface area contributed by atoms with Gasteiger partial charge in [0.2, 0.25) is 0 Å². The fraction of sp³-hybridized carbons (Fsp3) is 0.417. The number of carbonyl (C=O) groups excluding carboxylic acids is 1. The van der Waals surface area contributed by atoms with Gasteiger partial charge in [-0.25, -0.2) is 0 Å². The summed E-state index contributed by atoms with van der Waals surface area (Å²) in [5, 5.41) is 10.7. The van der Waals surface area contributed by atoms with E-state index < -0.39 is 4.92 Å². The van der Waals surface area contributed by atoms with Crippen LogP contribution in [0.2, 0.25) is 0 Å². The minimum Gasteiger partial charge on any atom is -0.338 e. The van der Waals surface area contributed by atoms with E-state index in [0.717, 1.165) is 6.42 Å². The Hall–Kier alpha value is -1.22. The summed E-state index contributed by atoms with van der Waals surface area (Å²) in [5.41, 5.74) is 6.12. The molecule has 1 fully saturated rings. The minimum absolute atomic E-state index is 0.00204. The van der Waals surface area contributed by atoms with Crippen molar-refractivity contribution in [3.05, 3.63) is 37.4 Å². The lowest BCUT2D eigenvalue weighted by Gasteiger charge is -2.17. The van der Waals surface area contributed by atoms with Crippen molar-refractivity contribution in [1.82, 2.24) is 4.90 Å². The average Bonchev–Trinajstić information content (AvgIpc) is 2.86. The molecule has 0 spiro atoms. The van der Waals surface area contributed by atoms with E-state index in [1.54, 1.807) is 4.90 Å². The number of halogens is 1. The third-order valence-electron chi connectivity index (χ3n) is 3.30. The van der Waals surface area contributed by atoms with E-state index in [1.807, 2.05) is 22.6 Å². The molecule has 1 aromatic rings. The van der Waals surface area contributed by atoms with Gasteiger partial charge >= 0.3 is 0 Å². The highest BCUT2D eigenvalue weighted by Crippen LogP contribution is 2.23.